The van der Waals surface area contributed by atoms with Gasteiger partial charge in [0, 0.05) is 43.6 Å². The Morgan fingerprint density at radius 1 is 1.09 bits per heavy atom. The van der Waals surface area contributed by atoms with Gasteiger partial charge in [-0.15, -0.1) is 0 Å². The third-order valence-electron chi connectivity index (χ3n) is 6.57. The molecule has 0 radical (unpaired) electrons. The molecule has 2 aromatic rings. The highest BCUT2D eigenvalue weighted by atomic mass is 19.1. The lowest BCUT2D eigenvalue weighted by Gasteiger charge is -2.44. The number of methoxy groups -OCH3 is 1. The molecule has 4 rings (SSSR count). The van der Waals surface area contributed by atoms with Crippen LogP contribution >= 0.6 is 0 Å². The summed E-state index contributed by atoms with van der Waals surface area (Å²) in [5.41, 5.74) is -0.228. The summed E-state index contributed by atoms with van der Waals surface area (Å²) in [4.78, 5) is 42.8. The molecule has 2 aliphatic heterocycles. The molecule has 186 valence electrons. The van der Waals surface area contributed by atoms with Crippen LogP contribution in [0.25, 0.3) is 0 Å². The van der Waals surface area contributed by atoms with Crippen molar-refractivity contribution >= 4 is 17.7 Å². The largest absolute Gasteiger partial charge is 0.497 e. The molecule has 0 bridgehead atoms. The lowest BCUT2D eigenvalue weighted by Crippen LogP contribution is -2.59. The molecule has 2 saturated heterocycles. The van der Waals surface area contributed by atoms with E-state index in [1.165, 1.54) is 29.2 Å². The number of halogens is 1. The average Bonchev–Trinajstić information content (AvgIpc) is 3.25. The van der Waals surface area contributed by atoms with E-state index in [0.29, 0.717) is 43.8 Å². The second-order valence-corrected chi connectivity index (χ2v) is 8.77. The Labute approximate surface area is 204 Å². The van der Waals surface area contributed by atoms with Gasteiger partial charge in [0.25, 0.3) is 11.8 Å². The summed E-state index contributed by atoms with van der Waals surface area (Å²) < 4.78 is 24.8. The summed E-state index contributed by atoms with van der Waals surface area (Å²) in [5.74, 6) is -0.665. The van der Waals surface area contributed by atoms with Gasteiger partial charge in [-0.3, -0.25) is 19.3 Å². The third kappa shape index (κ3) is 5.00. The first-order chi connectivity index (χ1) is 16.9. The van der Waals surface area contributed by atoms with Gasteiger partial charge >= 0.3 is 0 Å². The molecule has 0 aromatic heterocycles. The molecular weight excluding hydrogens is 453 g/mol. The number of nitrogens with one attached hydrogen (secondary N) is 1. The van der Waals surface area contributed by atoms with Crippen LogP contribution in [0.5, 0.6) is 5.75 Å². The van der Waals surface area contributed by atoms with Crippen molar-refractivity contribution in [2.75, 3.05) is 33.4 Å². The smallest absolute Gasteiger partial charge is 0.256 e. The first-order valence-electron chi connectivity index (χ1n) is 11.8. The predicted molar refractivity (Wildman–Crippen MR) is 126 cm³/mol. The van der Waals surface area contributed by atoms with E-state index in [0.717, 1.165) is 6.42 Å². The molecule has 2 heterocycles. The van der Waals surface area contributed by atoms with E-state index in [9.17, 15) is 18.8 Å². The van der Waals surface area contributed by atoms with Crippen molar-refractivity contribution in [2.45, 2.75) is 38.0 Å². The summed E-state index contributed by atoms with van der Waals surface area (Å²) in [7, 11) is 1.55. The van der Waals surface area contributed by atoms with Crippen LogP contribution in [0, 0.1) is 5.82 Å². The van der Waals surface area contributed by atoms with Gasteiger partial charge in [0.05, 0.1) is 13.7 Å². The minimum Gasteiger partial charge on any atom is -0.497 e. The zero-order valence-electron chi connectivity index (χ0n) is 20.0. The number of rotatable bonds is 6. The average molecular weight is 484 g/mol. The van der Waals surface area contributed by atoms with Crippen molar-refractivity contribution in [3.8, 4) is 5.75 Å². The summed E-state index contributed by atoms with van der Waals surface area (Å²) in [6, 6.07) is 11.4. The van der Waals surface area contributed by atoms with Crippen molar-refractivity contribution < 1.29 is 28.2 Å². The number of benzene rings is 2. The number of carbonyl (C=O) groups is 3. The van der Waals surface area contributed by atoms with Crippen LogP contribution < -0.4 is 10.1 Å². The van der Waals surface area contributed by atoms with Crippen LogP contribution in [-0.2, 0) is 9.53 Å². The Hall–Kier alpha value is -3.46. The van der Waals surface area contributed by atoms with Crippen LogP contribution in [0.2, 0.25) is 0 Å². The highest BCUT2D eigenvalue weighted by Gasteiger charge is 2.54. The Kier molecular flexibility index (Phi) is 7.35. The van der Waals surface area contributed by atoms with E-state index < -0.39 is 23.5 Å². The van der Waals surface area contributed by atoms with Crippen LogP contribution in [0.15, 0.2) is 48.5 Å². The highest BCUT2D eigenvalue weighted by Crippen LogP contribution is 2.39. The number of carbonyl (C=O) groups excluding carboxylic acids is 3. The molecule has 1 spiro atoms. The second-order valence-electron chi connectivity index (χ2n) is 8.77. The molecule has 0 aliphatic carbocycles. The molecule has 1 atom stereocenters. The lowest BCUT2D eigenvalue weighted by molar-refractivity contribution is -0.128. The van der Waals surface area contributed by atoms with E-state index in [2.05, 4.69) is 5.32 Å². The van der Waals surface area contributed by atoms with Crippen LogP contribution in [0.4, 0.5) is 4.39 Å². The molecular formula is C26H30FN3O5. The molecule has 1 N–H and O–H groups in total. The SMILES string of the molecule is CCCNC(=O)[C@H]1COC2(CCN(C(=O)c3cccc(OC)c3)CC2)N1C(=O)c1ccc(F)cc1. The van der Waals surface area contributed by atoms with Gasteiger partial charge in [0.1, 0.15) is 23.3 Å². The molecule has 9 heteroatoms. The molecule has 3 amide bonds. The number of likely N-dealkylation sites (tertiary alicyclic amines) is 1. The van der Waals surface area contributed by atoms with E-state index >= 15 is 0 Å². The summed E-state index contributed by atoms with van der Waals surface area (Å²) >= 11 is 0. The van der Waals surface area contributed by atoms with Crippen LogP contribution in [0.1, 0.15) is 46.9 Å². The monoisotopic (exact) mass is 483 g/mol. The normalized spacial score (nSPS) is 19.0. The summed E-state index contributed by atoms with van der Waals surface area (Å²) in [5, 5.41) is 2.85. The standard InChI is InChI=1S/C26H30FN3O5/c1-3-13-28-23(31)22-17-35-26(30(22)25(33)18-7-9-20(27)10-8-18)11-14-29(15-12-26)24(32)19-5-4-6-21(16-19)34-2/h4-10,16,22H,3,11-15,17H2,1-2H3,(H,28,31)/t22-/m1/s1. The summed E-state index contributed by atoms with van der Waals surface area (Å²) in [6.07, 6.45) is 1.47. The molecule has 0 unspecified atom stereocenters. The third-order valence-corrected chi connectivity index (χ3v) is 6.57. The van der Waals surface area contributed by atoms with Crippen molar-refractivity contribution in [3.05, 3.63) is 65.5 Å². The van der Waals surface area contributed by atoms with Crippen molar-refractivity contribution in [2.24, 2.45) is 0 Å². The van der Waals surface area contributed by atoms with Crippen molar-refractivity contribution in [1.29, 1.82) is 0 Å². The maximum Gasteiger partial charge on any atom is 0.256 e. The van der Waals surface area contributed by atoms with Crippen molar-refractivity contribution in [1.82, 2.24) is 15.1 Å². The van der Waals surface area contributed by atoms with Gasteiger partial charge in [-0.25, -0.2) is 4.39 Å². The number of hydrogen-bond donors (Lipinski definition) is 1. The predicted octanol–water partition coefficient (Wildman–Crippen LogP) is 2.83. The van der Waals surface area contributed by atoms with Gasteiger partial charge in [0.15, 0.2) is 0 Å². The molecule has 2 aliphatic rings. The van der Waals surface area contributed by atoms with E-state index in [-0.39, 0.29) is 24.0 Å². The van der Waals surface area contributed by atoms with Gasteiger partial charge in [-0.05, 0) is 48.9 Å². The van der Waals surface area contributed by atoms with Gasteiger partial charge in [-0.1, -0.05) is 13.0 Å². The Morgan fingerprint density at radius 2 is 1.80 bits per heavy atom. The zero-order valence-corrected chi connectivity index (χ0v) is 20.0. The first kappa shape index (κ1) is 24.7. The Bertz CT molecular complexity index is 1080. The van der Waals surface area contributed by atoms with Gasteiger partial charge in [-0.2, -0.15) is 0 Å². The van der Waals surface area contributed by atoms with Crippen LogP contribution in [-0.4, -0.2) is 72.6 Å². The fourth-order valence-electron chi connectivity index (χ4n) is 4.66. The molecule has 35 heavy (non-hydrogen) atoms. The van der Waals surface area contributed by atoms with Gasteiger partial charge < -0.3 is 19.7 Å². The van der Waals surface area contributed by atoms with E-state index in [1.54, 1.807) is 36.3 Å². The highest BCUT2D eigenvalue weighted by molar-refractivity contribution is 5.98. The van der Waals surface area contributed by atoms with Gasteiger partial charge in [0.2, 0.25) is 5.91 Å². The van der Waals surface area contributed by atoms with Crippen LogP contribution in [0.3, 0.4) is 0 Å². The molecule has 2 aromatic carbocycles. The van der Waals surface area contributed by atoms with Crippen molar-refractivity contribution in [3.63, 3.8) is 0 Å². The number of amides is 3. The maximum atomic E-state index is 13.6. The number of ether oxygens (including phenoxy) is 2. The zero-order chi connectivity index (χ0) is 25.0. The minimum atomic E-state index is -1.02. The molecule has 8 nitrogen and oxygen atoms in total. The number of nitrogens with zero attached hydrogens (tertiary/aromatic N) is 2. The molecule has 0 saturated carbocycles. The minimum absolute atomic E-state index is 0.0618. The topological polar surface area (TPSA) is 88.2 Å². The Balaban J connectivity index is 1.56. The Morgan fingerprint density at radius 3 is 2.46 bits per heavy atom. The second kappa shape index (κ2) is 10.4. The van der Waals surface area contributed by atoms with E-state index in [1.807, 2.05) is 6.92 Å². The lowest BCUT2D eigenvalue weighted by atomic mass is 9.96. The molecule has 2 fully saturated rings. The van der Waals surface area contributed by atoms with E-state index in [4.69, 9.17) is 9.47 Å². The quantitative estimate of drug-likeness (QED) is 0.683. The fraction of sp³-hybridized carbons (Fsp3) is 0.423. The fourth-order valence-corrected chi connectivity index (χ4v) is 4.66. The number of piperidine rings is 1. The summed E-state index contributed by atoms with van der Waals surface area (Å²) in [6.45, 7) is 3.21. The maximum absolute atomic E-state index is 13.6. The first-order valence-corrected chi connectivity index (χ1v) is 11.8. The number of hydrogen-bond acceptors (Lipinski definition) is 5.